The summed E-state index contributed by atoms with van der Waals surface area (Å²) >= 11 is 0. The molecule has 3 heteroatoms. The van der Waals surface area contributed by atoms with Crippen LogP contribution in [0, 0.1) is 0 Å². The molecule has 0 bridgehead atoms. The number of ether oxygens (including phenoxy) is 1. The highest BCUT2D eigenvalue weighted by atomic mass is 16.5. The highest BCUT2D eigenvalue weighted by molar-refractivity contribution is 5.27. The van der Waals surface area contributed by atoms with Gasteiger partial charge in [-0.05, 0) is 38.0 Å². The third kappa shape index (κ3) is 2.85. The van der Waals surface area contributed by atoms with Gasteiger partial charge in [-0.15, -0.1) is 0 Å². The molecule has 0 saturated carbocycles. The van der Waals surface area contributed by atoms with Crippen molar-refractivity contribution in [2.45, 2.75) is 45.4 Å². The van der Waals surface area contributed by atoms with Crippen molar-refractivity contribution in [1.29, 1.82) is 0 Å². The monoisotopic (exact) mass is 249 g/mol. The summed E-state index contributed by atoms with van der Waals surface area (Å²) in [6, 6.07) is 8.39. The van der Waals surface area contributed by atoms with Gasteiger partial charge in [0.25, 0.3) is 0 Å². The molecule has 0 amide bonds. The lowest BCUT2D eigenvalue weighted by Crippen LogP contribution is -2.49. The van der Waals surface area contributed by atoms with E-state index in [4.69, 9.17) is 4.74 Å². The average molecular weight is 249 g/mol. The molecular formula is C15H23NO2. The normalized spacial score (nSPS) is 27.1. The minimum absolute atomic E-state index is 0.298. The summed E-state index contributed by atoms with van der Waals surface area (Å²) in [5, 5.41) is 9.36. The number of rotatable bonds is 3. The molecule has 1 saturated heterocycles. The lowest BCUT2D eigenvalue weighted by atomic mass is 10.0. The maximum Gasteiger partial charge on any atom is 0.115 e. The number of morpholine rings is 1. The Labute approximate surface area is 109 Å². The maximum absolute atomic E-state index is 9.36. The van der Waals surface area contributed by atoms with Gasteiger partial charge in [-0.1, -0.05) is 19.1 Å². The van der Waals surface area contributed by atoms with Crippen LogP contribution in [-0.4, -0.2) is 35.3 Å². The highest BCUT2D eigenvalue weighted by Crippen LogP contribution is 2.28. The first-order valence-corrected chi connectivity index (χ1v) is 6.78. The van der Waals surface area contributed by atoms with Crippen molar-refractivity contribution in [3.8, 4) is 5.75 Å². The van der Waals surface area contributed by atoms with Crippen molar-refractivity contribution >= 4 is 0 Å². The van der Waals surface area contributed by atoms with E-state index in [9.17, 15) is 5.11 Å². The smallest absolute Gasteiger partial charge is 0.115 e. The average Bonchev–Trinajstić information content (AvgIpc) is 2.39. The summed E-state index contributed by atoms with van der Waals surface area (Å²) in [6.07, 6.45) is 1.40. The Kier molecular flexibility index (Phi) is 4.25. The van der Waals surface area contributed by atoms with Crippen LogP contribution in [0.1, 0.15) is 38.8 Å². The van der Waals surface area contributed by atoms with Gasteiger partial charge in [-0.25, -0.2) is 0 Å². The van der Waals surface area contributed by atoms with Crippen LogP contribution in [0.25, 0.3) is 0 Å². The van der Waals surface area contributed by atoms with Gasteiger partial charge in [0.2, 0.25) is 0 Å². The van der Waals surface area contributed by atoms with E-state index in [2.05, 4.69) is 25.7 Å². The van der Waals surface area contributed by atoms with Gasteiger partial charge in [-0.3, -0.25) is 4.90 Å². The molecule has 1 fully saturated rings. The molecule has 1 N–H and O–H groups in total. The van der Waals surface area contributed by atoms with E-state index in [-0.39, 0.29) is 0 Å². The van der Waals surface area contributed by atoms with Gasteiger partial charge in [0.15, 0.2) is 0 Å². The Hall–Kier alpha value is -1.06. The predicted octanol–water partition coefficient (Wildman–Crippen LogP) is 2.95. The topological polar surface area (TPSA) is 32.7 Å². The molecule has 0 radical (unpaired) electrons. The van der Waals surface area contributed by atoms with Crippen LogP contribution < -0.4 is 0 Å². The van der Waals surface area contributed by atoms with Gasteiger partial charge < -0.3 is 9.84 Å². The largest absolute Gasteiger partial charge is 0.508 e. The molecule has 0 aliphatic carbocycles. The fraction of sp³-hybridized carbons (Fsp3) is 0.600. The van der Waals surface area contributed by atoms with Crippen molar-refractivity contribution in [2.24, 2.45) is 0 Å². The van der Waals surface area contributed by atoms with Crippen LogP contribution in [0.15, 0.2) is 24.3 Å². The zero-order valence-electron chi connectivity index (χ0n) is 11.5. The Balaban J connectivity index is 2.14. The standard InChI is InChI=1S/C15H23NO2/c1-4-14-10-18-11(2)9-16(14)12(3)13-5-7-15(17)8-6-13/h5-8,11-12,14,17H,4,9-10H2,1-3H3. The first kappa shape index (κ1) is 13.4. The predicted molar refractivity (Wildman–Crippen MR) is 72.7 cm³/mol. The quantitative estimate of drug-likeness (QED) is 0.894. The molecule has 18 heavy (non-hydrogen) atoms. The lowest BCUT2D eigenvalue weighted by molar-refractivity contribution is -0.0705. The van der Waals surface area contributed by atoms with Gasteiger partial charge in [0.1, 0.15) is 5.75 Å². The van der Waals surface area contributed by atoms with Crippen molar-refractivity contribution in [3.05, 3.63) is 29.8 Å². The van der Waals surface area contributed by atoms with Crippen LogP contribution >= 0.6 is 0 Å². The molecule has 0 spiro atoms. The second-order valence-electron chi connectivity index (χ2n) is 5.17. The summed E-state index contributed by atoms with van der Waals surface area (Å²) in [5.74, 6) is 0.327. The molecule has 3 unspecified atom stereocenters. The summed E-state index contributed by atoms with van der Waals surface area (Å²) in [4.78, 5) is 2.51. The van der Waals surface area contributed by atoms with Crippen LogP contribution in [0.3, 0.4) is 0 Å². The molecule has 1 heterocycles. The first-order chi connectivity index (χ1) is 8.61. The Morgan fingerprint density at radius 2 is 2.06 bits per heavy atom. The van der Waals surface area contributed by atoms with Crippen LogP contribution in [-0.2, 0) is 4.74 Å². The second kappa shape index (κ2) is 5.72. The molecule has 2 rings (SSSR count). The van der Waals surface area contributed by atoms with E-state index in [1.807, 2.05) is 12.1 Å². The highest BCUT2D eigenvalue weighted by Gasteiger charge is 2.29. The van der Waals surface area contributed by atoms with Crippen LogP contribution in [0.5, 0.6) is 5.75 Å². The van der Waals surface area contributed by atoms with Gasteiger partial charge >= 0.3 is 0 Å². The van der Waals surface area contributed by atoms with Crippen molar-refractivity contribution in [1.82, 2.24) is 4.90 Å². The number of phenols is 1. The minimum atomic E-state index is 0.298. The van der Waals surface area contributed by atoms with Gasteiger partial charge in [0.05, 0.1) is 12.7 Å². The summed E-state index contributed by atoms with van der Waals surface area (Å²) in [5.41, 5.74) is 1.25. The number of benzene rings is 1. The third-order valence-electron chi connectivity index (χ3n) is 3.85. The summed E-state index contributed by atoms with van der Waals surface area (Å²) < 4.78 is 5.74. The second-order valence-corrected chi connectivity index (χ2v) is 5.17. The molecular weight excluding hydrogens is 226 g/mol. The maximum atomic E-state index is 9.36. The fourth-order valence-electron chi connectivity index (χ4n) is 2.64. The van der Waals surface area contributed by atoms with Gasteiger partial charge in [-0.2, -0.15) is 0 Å². The van der Waals surface area contributed by atoms with E-state index in [1.165, 1.54) is 5.56 Å². The van der Waals surface area contributed by atoms with Crippen LogP contribution in [0.2, 0.25) is 0 Å². The first-order valence-electron chi connectivity index (χ1n) is 6.78. The lowest BCUT2D eigenvalue weighted by Gasteiger charge is -2.42. The molecule has 1 aliphatic heterocycles. The Bertz CT molecular complexity index is 377. The molecule has 3 atom stereocenters. The van der Waals surface area contributed by atoms with E-state index in [0.717, 1.165) is 19.6 Å². The Morgan fingerprint density at radius 3 is 2.67 bits per heavy atom. The van der Waals surface area contributed by atoms with E-state index in [0.29, 0.717) is 23.9 Å². The van der Waals surface area contributed by atoms with Crippen LogP contribution in [0.4, 0.5) is 0 Å². The van der Waals surface area contributed by atoms with E-state index < -0.39 is 0 Å². The molecule has 1 aliphatic rings. The zero-order valence-corrected chi connectivity index (χ0v) is 11.5. The Morgan fingerprint density at radius 1 is 1.39 bits per heavy atom. The molecule has 100 valence electrons. The third-order valence-corrected chi connectivity index (χ3v) is 3.85. The fourth-order valence-corrected chi connectivity index (χ4v) is 2.64. The SMILES string of the molecule is CCC1COC(C)CN1C(C)c1ccc(O)cc1. The van der Waals surface area contributed by atoms with E-state index >= 15 is 0 Å². The summed E-state index contributed by atoms with van der Waals surface area (Å²) in [6.45, 7) is 8.36. The van der Waals surface area contributed by atoms with Gasteiger partial charge in [0, 0.05) is 18.6 Å². The molecule has 0 aromatic heterocycles. The zero-order chi connectivity index (χ0) is 13.1. The summed E-state index contributed by atoms with van der Waals surface area (Å²) in [7, 11) is 0. The number of aromatic hydroxyl groups is 1. The van der Waals surface area contributed by atoms with Crippen molar-refractivity contribution in [3.63, 3.8) is 0 Å². The number of hydrogen-bond donors (Lipinski definition) is 1. The molecule has 1 aromatic rings. The van der Waals surface area contributed by atoms with E-state index in [1.54, 1.807) is 12.1 Å². The van der Waals surface area contributed by atoms with Crippen molar-refractivity contribution in [2.75, 3.05) is 13.2 Å². The molecule has 1 aromatic carbocycles. The number of hydrogen-bond acceptors (Lipinski definition) is 3. The number of nitrogens with zero attached hydrogens (tertiary/aromatic N) is 1. The number of phenolic OH excluding ortho intramolecular Hbond substituents is 1. The van der Waals surface area contributed by atoms with Crippen molar-refractivity contribution < 1.29 is 9.84 Å². The molecule has 3 nitrogen and oxygen atoms in total. The minimum Gasteiger partial charge on any atom is -0.508 e.